The smallest absolute Gasteiger partial charge is 0.0701 e. The van der Waals surface area contributed by atoms with E-state index in [0.717, 1.165) is 0 Å². The molecular weight excluding hydrogens is 327 g/mol. The Morgan fingerprint density at radius 3 is 1.00 bits per heavy atom. The van der Waals surface area contributed by atoms with Gasteiger partial charge in [-0.1, -0.05) is 0 Å². The molecule has 6 nitrogen and oxygen atoms in total. The zero-order chi connectivity index (χ0) is 12.7. The van der Waals surface area contributed by atoms with Gasteiger partial charge in [0.2, 0.25) is 0 Å². The molecule has 0 amide bonds. The standard InChI is InChI=1S/C12H24NO5.Y/c1-3-14-5-7-16-9-11-18-12-10-17-8-6-15-4-2-13-1;/h1-12H2;/q-1;. The minimum atomic E-state index is 0. The summed E-state index contributed by atoms with van der Waals surface area (Å²) in [5.74, 6) is 0. The van der Waals surface area contributed by atoms with Gasteiger partial charge in [-0.05, 0) is 0 Å². The molecule has 1 radical (unpaired) electrons. The molecular formula is C12H24NO5Y-. The zero-order valence-electron chi connectivity index (χ0n) is 11.6. The largest absolute Gasteiger partial charge is 0.659 e. The van der Waals surface area contributed by atoms with Crippen LogP contribution in [0.2, 0.25) is 0 Å². The second kappa shape index (κ2) is 16.9. The van der Waals surface area contributed by atoms with Gasteiger partial charge in [0.15, 0.2) is 0 Å². The summed E-state index contributed by atoms with van der Waals surface area (Å²) < 4.78 is 26.7. The third-order valence-corrected chi connectivity index (χ3v) is 2.28. The summed E-state index contributed by atoms with van der Waals surface area (Å²) in [6.07, 6.45) is 0. The fourth-order valence-corrected chi connectivity index (χ4v) is 1.35. The molecule has 0 unspecified atom stereocenters. The van der Waals surface area contributed by atoms with Crippen molar-refractivity contribution in [2.45, 2.75) is 0 Å². The Morgan fingerprint density at radius 1 is 0.421 bits per heavy atom. The maximum atomic E-state index is 5.36. The van der Waals surface area contributed by atoms with Gasteiger partial charge in [0, 0.05) is 45.9 Å². The molecule has 0 spiro atoms. The van der Waals surface area contributed by atoms with E-state index in [4.69, 9.17) is 23.7 Å². The molecule has 7 heteroatoms. The first kappa shape index (κ1) is 19.9. The maximum Gasteiger partial charge on any atom is 0.0701 e. The second-order valence-corrected chi connectivity index (χ2v) is 3.73. The van der Waals surface area contributed by atoms with Crippen molar-refractivity contribution in [3.8, 4) is 0 Å². The van der Waals surface area contributed by atoms with Crippen LogP contribution in [0.25, 0.3) is 5.32 Å². The van der Waals surface area contributed by atoms with E-state index in [2.05, 4.69) is 5.32 Å². The molecule has 0 N–H and O–H groups in total. The minimum Gasteiger partial charge on any atom is -0.659 e. The number of ether oxygens (including phenoxy) is 5. The molecule has 1 aliphatic heterocycles. The average Bonchev–Trinajstić information content (AvgIpc) is 2.39. The predicted molar refractivity (Wildman–Crippen MR) is 67.2 cm³/mol. The molecule has 1 aliphatic rings. The van der Waals surface area contributed by atoms with Gasteiger partial charge in [-0.15, -0.1) is 13.1 Å². The average molecular weight is 351 g/mol. The van der Waals surface area contributed by atoms with Crippen molar-refractivity contribution in [2.75, 3.05) is 79.2 Å². The van der Waals surface area contributed by atoms with Gasteiger partial charge in [-0.2, -0.15) is 0 Å². The van der Waals surface area contributed by atoms with Crippen molar-refractivity contribution in [1.29, 1.82) is 0 Å². The monoisotopic (exact) mass is 351 g/mol. The quantitative estimate of drug-likeness (QED) is 0.635. The Hall–Kier alpha value is 0.864. The van der Waals surface area contributed by atoms with E-state index in [-0.39, 0.29) is 32.7 Å². The van der Waals surface area contributed by atoms with Gasteiger partial charge < -0.3 is 29.0 Å². The van der Waals surface area contributed by atoms with Crippen molar-refractivity contribution < 1.29 is 56.4 Å². The fraction of sp³-hybridized carbons (Fsp3) is 1.00. The van der Waals surface area contributed by atoms with Gasteiger partial charge >= 0.3 is 0 Å². The van der Waals surface area contributed by atoms with Crippen LogP contribution in [0.1, 0.15) is 0 Å². The molecule has 0 bridgehead atoms. The molecule has 0 aliphatic carbocycles. The van der Waals surface area contributed by atoms with Crippen molar-refractivity contribution in [2.24, 2.45) is 0 Å². The Kier molecular flexibility index (Phi) is 17.7. The first-order valence-corrected chi connectivity index (χ1v) is 6.52. The number of hydrogen-bond donors (Lipinski definition) is 0. The minimum absolute atomic E-state index is 0. The van der Waals surface area contributed by atoms with Crippen LogP contribution in [-0.2, 0) is 56.4 Å². The molecule has 0 aromatic heterocycles. The SMILES string of the molecule is C1COCCOCCOCCOCCOCC[N-]1.[Y]. The molecule has 0 aromatic carbocycles. The van der Waals surface area contributed by atoms with Gasteiger partial charge in [-0.3, -0.25) is 0 Å². The van der Waals surface area contributed by atoms with Gasteiger partial charge in [-0.25, -0.2) is 0 Å². The normalized spacial score (nSPS) is 22.7. The Balaban J connectivity index is 0.00000324. The number of hydrogen-bond acceptors (Lipinski definition) is 5. The van der Waals surface area contributed by atoms with Crippen LogP contribution in [-0.4, -0.2) is 79.2 Å². The van der Waals surface area contributed by atoms with Crippen molar-refractivity contribution in [3.05, 3.63) is 5.32 Å². The van der Waals surface area contributed by atoms with E-state index in [1.165, 1.54) is 0 Å². The van der Waals surface area contributed by atoms with Crippen LogP contribution in [0, 0.1) is 0 Å². The summed E-state index contributed by atoms with van der Waals surface area (Å²) in [4.78, 5) is 0. The fourth-order valence-electron chi connectivity index (χ4n) is 1.35. The van der Waals surface area contributed by atoms with Crippen LogP contribution >= 0.6 is 0 Å². The molecule has 0 saturated carbocycles. The molecule has 111 valence electrons. The van der Waals surface area contributed by atoms with E-state index >= 15 is 0 Å². The third-order valence-electron chi connectivity index (χ3n) is 2.28. The van der Waals surface area contributed by atoms with Crippen LogP contribution in [0.5, 0.6) is 0 Å². The second-order valence-electron chi connectivity index (χ2n) is 3.73. The van der Waals surface area contributed by atoms with Gasteiger partial charge in [0.25, 0.3) is 0 Å². The third kappa shape index (κ3) is 15.1. The van der Waals surface area contributed by atoms with E-state index in [9.17, 15) is 0 Å². The molecule has 1 fully saturated rings. The summed E-state index contributed by atoms with van der Waals surface area (Å²) in [6, 6.07) is 0. The first-order valence-electron chi connectivity index (χ1n) is 6.52. The van der Waals surface area contributed by atoms with Crippen molar-refractivity contribution in [3.63, 3.8) is 0 Å². The first-order chi connectivity index (χ1) is 9.00. The molecule has 19 heavy (non-hydrogen) atoms. The predicted octanol–water partition coefficient (Wildman–Crippen LogP) is 0.454. The number of nitrogens with zero attached hydrogens (tertiary/aromatic N) is 1. The summed E-state index contributed by atoms with van der Waals surface area (Å²) in [5, 5.41) is 4.28. The number of rotatable bonds is 0. The molecule has 1 saturated heterocycles. The molecule has 0 atom stereocenters. The van der Waals surface area contributed by atoms with Crippen molar-refractivity contribution >= 4 is 0 Å². The Labute approximate surface area is 140 Å². The zero-order valence-corrected chi connectivity index (χ0v) is 14.4. The van der Waals surface area contributed by atoms with Crippen LogP contribution in [0.3, 0.4) is 0 Å². The molecule has 1 heterocycles. The van der Waals surface area contributed by atoms with E-state index in [1.807, 2.05) is 0 Å². The van der Waals surface area contributed by atoms with E-state index < -0.39 is 0 Å². The van der Waals surface area contributed by atoms with E-state index in [0.29, 0.717) is 79.2 Å². The maximum absolute atomic E-state index is 5.36. The summed E-state index contributed by atoms with van der Waals surface area (Å²) >= 11 is 0. The van der Waals surface area contributed by atoms with E-state index in [1.54, 1.807) is 0 Å². The van der Waals surface area contributed by atoms with Crippen LogP contribution < -0.4 is 0 Å². The topological polar surface area (TPSA) is 60.3 Å². The summed E-state index contributed by atoms with van der Waals surface area (Å²) in [7, 11) is 0. The Bertz CT molecular complexity index is 101. The van der Waals surface area contributed by atoms with Crippen LogP contribution in [0.15, 0.2) is 0 Å². The molecule has 1 rings (SSSR count). The summed E-state index contributed by atoms with van der Waals surface area (Å²) in [5.41, 5.74) is 0. The van der Waals surface area contributed by atoms with Crippen LogP contribution in [0.4, 0.5) is 0 Å². The molecule has 0 aromatic rings. The summed E-state index contributed by atoms with van der Waals surface area (Å²) in [6.45, 7) is 7.49. The van der Waals surface area contributed by atoms with Gasteiger partial charge in [0.05, 0.1) is 52.9 Å². The Morgan fingerprint density at radius 2 is 0.684 bits per heavy atom. The van der Waals surface area contributed by atoms with Gasteiger partial charge in [0.1, 0.15) is 0 Å². The van der Waals surface area contributed by atoms with Crippen molar-refractivity contribution in [1.82, 2.24) is 0 Å².